The molecule has 0 unspecified atom stereocenters. The van der Waals surface area contributed by atoms with Gasteiger partial charge in [-0.3, -0.25) is 4.79 Å². The first-order valence-electron chi connectivity index (χ1n) is 8.98. The zero-order chi connectivity index (χ0) is 20.1. The van der Waals surface area contributed by atoms with Crippen LogP contribution in [0.5, 0.6) is 0 Å². The molecule has 0 saturated heterocycles. The molecular weight excluding hydrogens is 350 g/mol. The molecule has 0 spiro atoms. The Balaban J connectivity index is 1.75. The van der Waals surface area contributed by atoms with Crippen molar-refractivity contribution in [1.82, 2.24) is 9.97 Å². The Bertz CT molecular complexity index is 1040. The Morgan fingerprint density at radius 2 is 1.89 bits per heavy atom. The Morgan fingerprint density at radius 1 is 1.11 bits per heavy atom. The molecule has 0 saturated carbocycles. The first kappa shape index (κ1) is 19.1. The lowest BCUT2D eigenvalue weighted by Crippen LogP contribution is -2.16. The molecule has 3 rings (SSSR count). The molecule has 0 bridgehead atoms. The number of nitrogens with one attached hydrogen (secondary N) is 2. The summed E-state index contributed by atoms with van der Waals surface area (Å²) in [7, 11) is 0. The van der Waals surface area contributed by atoms with E-state index in [1.54, 1.807) is 18.2 Å². The second-order valence-electron chi connectivity index (χ2n) is 6.75. The number of para-hydroxylation sites is 1. The van der Waals surface area contributed by atoms with E-state index in [9.17, 15) is 4.79 Å². The van der Waals surface area contributed by atoms with Crippen molar-refractivity contribution in [3.63, 3.8) is 0 Å². The zero-order valence-electron chi connectivity index (χ0n) is 16.0. The first-order chi connectivity index (χ1) is 13.5. The molecule has 1 heterocycles. The van der Waals surface area contributed by atoms with Gasteiger partial charge in [0.2, 0.25) is 0 Å². The molecule has 6 heteroatoms. The van der Waals surface area contributed by atoms with Gasteiger partial charge in [0.15, 0.2) is 0 Å². The monoisotopic (exact) mass is 371 g/mol. The number of hydrogen-bond donors (Lipinski definition) is 2. The van der Waals surface area contributed by atoms with E-state index >= 15 is 0 Å². The van der Waals surface area contributed by atoms with Gasteiger partial charge >= 0.3 is 0 Å². The summed E-state index contributed by atoms with van der Waals surface area (Å²) >= 11 is 0. The molecule has 0 aliphatic heterocycles. The van der Waals surface area contributed by atoms with Gasteiger partial charge in [-0.15, -0.1) is 0 Å². The molecule has 6 nitrogen and oxygen atoms in total. The second-order valence-corrected chi connectivity index (χ2v) is 6.75. The standard InChI is InChI=1S/C22H21N5O/c1-14(2)18-9-4-6-15(3)21(18)27-22(28)19-12-25-20(13-24-19)26-17-8-5-7-16(10-17)11-23/h4-10,12-14H,1-3H3,(H,25,26)(H,27,28). The number of aryl methyl sites for hydroxylation is 1. The molecule has 0 fully saturated rings. The minimum absolute atomic E-state index is 0.231. The lowest BCUT2D eigenvalue weighted by atomic mass is 9.98. The van der Waals surface area contributed by atoms with E-state index in [0.29, 0.717) is 11.4 Å². The van der Waals surface area contributed by atoms with Crippen molar-refractivity contribution in [3.05, 3.63) is 77.2 Å². The van der Waals surface area contributed by atoms with Gasteiger partial charge in [0, 0.05) is 11.4 Å². The fourth-order valence-electron chi connectivity index (χ4n) is 2.84. The predicted molar refractivity (Wildman–Crippen MR) is 110 cm³/mol. The average Bonchev–Trinajstić information content (AvgIpc) is 2.70. The predicted octanol–water partition coefficient (Wildman–Crippen LogP) is 4.78. The number of nitriles is 1. The third-order valence-electron chi connectivity index (χ3n) is 4.31. The van der Waals surface area contributed by atoms with E-state index in [1.165, 1.54) is 12.4 Å². The molecular formula is C22H21N5O. The highest BCUT2D eigenvalue weighted by molar-refractivity contribution is 6.03. The number of aromatic nitrogens is 2. The summed E-state index contributed by atoms with van der Waals surface area (Å²) in [4.78, 5) is 21.1. The Hall–Kier alpha value is -3.72. The summed E-state index contributed by atoms with van der Waals surface area (Å²) in [6.07, 6.45) is 2.92. The Kier molecular flexibility index (Phi) is 5.66. The summed E-state index contributed by atoms with van der Waals surface area (Å²) < 4.78 is 0. The molecule has 0 aliphatic carbocycles. The van der Waals surface area contributed by atoms with Crippen molar-refractivity contribution < 1.29 is 4.79 Å². The number of nitrogens with zero attached hydrogens (tertiary/aromatic N) is 3. The Labute approximate surface area is 164 Å². The third-order valence-corrected chi connectivity index (χ3v) is 4.31. The topological polar surface area (TPSA) is 90.7 Å². The van der Waals surface area contributed by atoms with Crippen molar-refractivity contribution in [2.24, 2.45) is 0 Å². The zero-order valence-corrected chi connectivity index (χ0v) is 16.0. The lowest BCUT2D eigenvalue weighted by molar-refractivity contribution is 0.102. The third kappa shape index (κ3) is 4.33. The van der Waals surface area contributed by atoms with E-state index in [4.69, 9.17) is 5.26 Å². The molecule has 0 aliphatic rings. The average molecular weight is 371 g/mol. The van der Waals surface area contributed by atoms with Crippen molar-refractivity contribution in [2.75, 3.05) is 10.6 Å². The van der Waals surface area contributed by atoms with Crippen LogP contribution in [0.3, 0.4) is 0 Å². The van der Waals surface area contributed by atoms with E-state index in [0.717, 1.165) is 22.5 Å². The first-order valence-corrected chi connectivity index (χ1v) is 8.98. The maximum Gasteiger partial charge on any atom is 0.275 e. The summed E-state index contributed by atoms with van der Waals surface area (Å²) in [5, 5.41) is 15.0. The van der Waals surface area contributed by atoms with Gasteiger partial charge < -0.3 is 10.6 Å². The molecule has 0 atom stereocenters. The summed E-state index contributed by atoms with van der Waals surface area (Å²) in [6.45, 7) is 6.15. The lowest BCUT2D eigenvalue weighted by Gasteiger charge is -2.16. The van der Waals surface area contributed by atoms with Crippen LogP contribution in [0.15, 0.2) is 54.9 Å². The molecule has 2 N–H and O–H groups in total. The fraction of sp³-hybridized carbons (Fsp3) is 0.182. The van der Waals surface area contributed by atoms with Gasteiger partial charge in [-0.1, -0.05) is 38.1 Å². The van der Waals surface area contributed by atoms with Crippen LogP contribution in [0.25, 0.3) is 0 Å². The number of anilines is 3. The number of rotatable bonds is 5. The van der Waals surface area contributed by atoms with Crippen LogP contribution in [0.4, 0.5) is 17.2 Å². The van der Waals surface area contributed by atoms with Crippen molar-refractivity contribution in [1.29, 1.82) is 5.26 Å². The van der Waals surface area contributed by atoms with Crippen LogP contribution in [-0.4, -0.2) is 15.9 Å². The highest BCUT2D eigenvalue weighted by Crippen LogP contribution is 2.27. The molecule has 2 aromatic carbocycles. The van der Waals surface area contributed by atoms with Crippen molar-refractivity contribution >= 4 is 23.1 Å². The molecule has 140 valence electrons. The highest BCUT2D eigenvalue weighted by Gasteiger charge is 2.14. The van der Waals surface area contributed by atoms with E-state index in [-0.39, 0.29) is 17.5 Å². The number of benzene rings is 2. The maximum atomic E-state index is 12.6. The van der Waals surface area contributed by atoms with E-state index in [2.05, 4.69) is 40.5 Å². The molecule has 0 radical (unpaired) electrons. The van der Waals surface area contributed by atoms with Gasteiger partial charge in [-0.05, 0) is 42.2 Å². The highest BCUT2D eigenvalue weighted by atomic mass is 16.1. The van der Waals surface area contributed by atoms with Gasteiger partial charge in [0.1, 0.15) is 11.5 Å². The van der Waals surface area contributed by atoms with Crippen molar-refractivity contribution in [3.8, 4) is 6.07 Å². The summed E-state index contributed by atoms with van der Waals surface area (Å²) in [5.74, 6) is 0.476. The van der Waals surface area contributed by atoms with Gasteiger partial charge in [-0.25, -0.2) is 9.97 Å². The largest absolute Gasteiger partial charge is 0.339 e. The van der Waals surface area contributed by atoms with Crippen LogP contribution in [0.2, 0.25) is 0 Å². The SMILES string of the molecule is Cc1cccc(C(C)C)c1NC(=O)c1cnc(Nc2cccc(C#N)c2)cn1. The van der Waals surface area contributed by atoms with Crippen LogP contribution in [0, 0.1) is 18.3 Å². The number of carbonyl (C=O) groups is 1. The maximum absolute atomic E-state index is 12.6. The number of amides is 1. The molecule has 28 heavy (non-hydrogen) atoms. The minimum atomic E-state index is -0.304. The van der Waals surface area contributed by atoms with Gasteiger partial charge in [0.05, 0.1) is 24.0 Å². The quantitative estimate of drug-likeness (QED) is 0.674. The molecule has 1 aromatic heterocycles. The Morgan fingerprint density at radius 3 is 2.57 bits per heavy atom. The summed E-state index contributed by atoms with van der Waals surface area (Å²) in [5.41, 5.74) is 4.41. The van der Waals surface area contributed by atoms with Crippen molar-refractivity contribution in [2.45, 2.75) is 26.7 Å². The summed E-state index contributed by atoms with van der Waals surface area (Å²) in [6, 6.07) is 15.1. The van der Waals surface area contributed by atoms with E-state index in [1.807, 2.05) is 31.2 Å². The smallest absolute Gasteiger partial charge is 0.275 e. The van der Waals surface area contributed by atoms with Crippen LogP contribution in [-0.2, 0) is 0 Å². The van der Waals surface area contributed by atoms with Crippen LogP contribution < -0.4 is 10.6 Å². The van der Waals surface area contributed by atoms with Crippen LogP contribution in [0.1, 0.15) is 46.9 Å². The normalized spacial score (nSPS) is 10.4. The number of carbonyl (C=O) groups excluding carboxylic acids is 1. The van der Waals surface area contributed by atoms with E-state index < -0.39 is 0 Å². The molecule has 3 aromatic rings. The van der Waals surface area contributed by atoms with Gasteiger partial charge in [0.25, 0.3) is 5.91 Å². The van der Waals surface area contributed by atoms with Crippen LogP contribution >= 0.6 is 0 Å². The van der Waals surface area contributed by atoms with Gasteiger partial charge in [-0.2, -0.15) is 5.26 Å². The fourth-order valence-corrected chi connectivity index (χ4v) is 2.84. The molecule has 1 amide bonds. The minimum Gasteiger partial charge on any atom is -0.339 e. The number of hydrogen-bond acceptors (Lipinski definition) is 5. The second kappa shape index (κ2) is 8.31.